The van der Waals surface area contributed by atoms with Gasteiger partial charge in [0, 0.05) is 50.7 Å². The summed E-state index contributed by atoms with van der Waals surface area (Å²) in [6.07, 6.45) is 3.72. The molecule has 0 spiro atoms. The van der Waals surface area contributed by atoms with Gasteiger partial charge in [-0.15, -0.1) is 0 Å². The van der Waals surface area contributed by atoms with Crippen LogP contribution in [-0.2, 0) is 17.8 Å². The molecule has 2 atom stereocenters. The summed E-state index contributed by atoms with van der Waals surface area (Å²) >= 11 is 0. The first-order chi connectivity index (χ1) is 12.6. The third-order valence-corrected chi connectivity index (χ3v) is 5.07. The Morgan fingerprint density at radius 3 is 2.15 bits per heavy atom. The summed E-state index contributed by atoms with van der Waals surface area (Å²) in [6.45, 7) is 8.53. The molecule has 2 aromatic rings. The quantitative estimate of drug-likeness (QED) is 0.774. The van der Waals surface area contributed by atoms with Crippen LogP contribution in [0.1, 0.15) is 35.3 Å². The third kappa shape index (κ3) is 4.48. The number of hydrogen-bond donors (Lipinski definition) is 0. The molecule has 1 saturated heterocycles. The Balaban J connectivity index is 1.59. The van der Waals surface area contributed by atoms with Crippen molar-refractivity contribution in [3.8, 4) is 0 Å². The van der Waals surface area contributed by atoms with Crippen molar-refractivity contribution in [1.82, 2.24) is 14.8 Å². The highest BCUT2D eigenvalue weighted by molar-refractivity contribution is 5.89. The molecule has 0 N–H and O–H groups in total. The van der Waals surface area contributed by atoms with Gasteiger partial charge in [0.1, 0.15) is 0 Å². The van der Waals surface area contributed by atoms with E-state index in [0.29, 0.717) is 17.6 Å². The van der Waals surface area contributed by atoms with Crippen LogP contribution >= 0.6 is 0 Å². The standard InChI is InChI=1S/C21H27N3O2/c1-16-12-23(14-18-4-6-20(7-5-18)21(25)26-3)13-17(2)24(16)15-19-8-10-22-11-9-19/h4-11,16-17H,12-15H2,1-3H3/t16-,17+. The summed E-state index contributed by atoms with van der Waals surface area (Å²) in [4.78, 5) is 20.7. The van der Waals surface area contributed by atoms with Crippen molar-refractivity contribution in [1.29, 1.82) is 0 Å². The molecule has 1 aromatic heterocycles. The van der Waals surface area contributed by atoms with Crippen molar-refractivity contribution in [2.75, 3.05) is 20.2 Å². The highest BCUT2D eigenvalue weighted by Gasteiger charge is 2.29. The number of nitrogens with zero attached hydrogens (tertiary/aromatic N) is 3. The molecule has 0 bridgehead atoms. The lowest BCUT2D eigenvalue weighted by atomic mass is 10.0. The van der Waals surface area contributed by atoms with Gasteiger partial charge in [0.05, 0.1) is 12.7 Å². The van der Waals surface area contributed by atoms with Crippen LogP contribution in [0.5, 0.6) is 0 Å². The number of carbonyl (C=O) groups is 1. The SMILES string of the molecule is COC(=O)c1ccc(CN2C[C@@H](C)N(Cc3ccncc3)[C@@H](C)C2)cc1. The number of pyridine rings is 1. The normalized spacial score (nSPS) is 21.5. The van der Waals surface area contributed by atoms with Crippen LogP contribution in [-0.4, -0.2) is 53.0 Å². The monoisotopic (exact) mass is 353 g/mol. The maximum Gasteiger partial charge on any atom is 0.337 e. The first-order valence-electron chi connectivity index (χ1n) is 9.11. The fourth-order valence-corrected chi connectivity index (χ4v) is 3.73. The summed E-state index contributed by atoms with van der Waals surface area (Å²) in [5, 5.41) is 0. The molecule has 5 nitrogen and oxygen atoms in total. The van der Waals surface area contributed by atoms with Crippen LogP contribution in [0.3, 0.4) is 0 Å². The van der Waals surface area contributed by atoms with Gasteiger partial charge in [-0.2, -0.15) is 0 Å². The fourth-order valence-electron chi connectivity index (χ4n) is 3.73. The maximum absolute atomic E-state index is 11.5. The van der Waals surface area contributed by atoms with Crippen LogP contribution in [0.2, 0.25) is 0 Å². The van der Waals surface area contributed by atoms with Crippen molar-refractivity contribution in [3.05, 3.63) is 65.5 Å². The van der Waals surface area contributed by atoms with E-state index in [2.05, 4.69) is 40.8 Å². The predicted octanol–water partition coefficient (Wildman–Crippen LogP) is 2.96. The Hall–Kier alpha value is -2.24. The number of benzene rings is 1. The average molecular weight is 353 g/mol. The summed E-state index contributed by atoms with van der Waals surface area (Å²) in [6, 6.07) is 12.9. The number of piperazine rings is 1. The molecule has 3 rings (SSSR count). The molecule has 138 valence electrons. The molecule has 0 unspecified atom stereocenters. The minimum absolute atomic E-state index is 0.288. The van der Waals surface area contributed by atoms with E-state index in [1.807, 2.05) is 36.7 Å². The van der Waals surface area contributed by atoms with Gasteiger partial charge < -0.3 is 4.74 Å². The maximum atomic E-state index is 11.5. The molecule has 1 aliphatic rings. The molecule has 1 fully saturated rings. The van der Waals surface area contributed by atoms with E-state index in [9.17, 15) is 4.79 Å². The van der Waals surface area contributed by atoms with Crippen LogP contribution in [0.4, 0.5) is 0 Å². The topological polar surface area (TPSA) is 45.7 Å². The van der Waals surface area contributed by atoms with Crippen LogP contribution in [0.15, 0.2) is 48.8 Å². The first kappa shape index (κ1) is 18.5. The number of carbonyl (C=O) groups excluding carboxylic acids is 1. The third-order valence-electron chi connectivity index (χ3n) is 5.07. The Morgan fingerprint density at radius 1 is 1.00 bits per heavy atom. The van der Waals surface area contributed by atoms with Gasteiger partial charge in [-0.05, 0) is 49.2 Å². The van der Waals surface area contributed by atoms with Gasteiger partial charge >= 0.3 is 5.97 Å². The second-order valence-electron chi connectivity index (χ2n) is 7.11. The number of rotatable bonds is 5. The molecule has 26 heavy (non-hydrogen) atoms. The zero-order valence-electron chi connectivity index (χ0n) is 15.8. The van der Waals surface area contributed by atoms with E-state index >= 15 is 0 Å². The minimum atomic E-state index is -0.288. The van der Waals surface area contributed by atoms with E-state index in [0.717, 1.165) is 26.2 Å². The van der Waals surface area contributed by atoms with Gasteiger partial charge in [-0.3, -0.25) is 14.8 Å². The van der Waals surface area contributed by atoms with Gasteiger partial charge in [-0.25, -0.2) is 4.79 Å². The molecular formula is C21H27N3O2. The average Bonchev–Trinajstić information content (AvgIpc) is 2.65. The fraction of sp³-hybridized carbons (Fsp3) is 0.429. The van der Waals surface area contributed by atoms with Crippen molar-refractivity contribution in [3.63, 3.8) is 0 Å². The highest BCUT2D eigenvalue weighted by Crippen LogP contribution is 2.20. The zero-order chi connectivity index (χ0) is 18.5. The smallest absolute Gasteiger partial charge is 0.337 e. The minimum Gasteiger partial charge on any atom is -0.465 e. The van der Waals surface area contributed by atoms with Gasteiger partial charge in [0.2, 0.25) is 0 Å². The largest absolute Gasteiger partial charge is 0.465 e. The Morgan fingerprint density at radius 2 is 1.58 bits per heavy atom. The molecule has 1 aliphatic heterocycles. The summed E-state index contributed by atoms with van der Waals surface area (Å²) in [7, 11) is 1.41. The molecule has 0 aliphatic carbocycles. The number of esters is 1. The van der Waals surface area contributed by atoms with E-state index in [4.69, 9.17) is 4.74 Å². The van der Waals surface area contributed by atoms with Crippen LogP contribution < -0.4 is 0 Å². The molecule has 5 heteroatoms. The predicted molar refractivity (Wildman–Crippen MR) is 102 cm³/mol. The van der Waals surface area contributed by atoms with Crippen molar-refractivity contribution in [2.45, 2.75) is 39.0 Å². The van der Waals surface area contributed by atoms with E-state index in [-0.39, 0.29) is 5.97 Å². The first-order valence-corrected chi connectivity index (χ1v) is 9.11. The Kier molecular flexibility index (Phi) is 6.01. The van der Waals surface area contributed by atoms with Crippen molar-refractivity contribution in [2.24, 2.45) is 0 Å². The lowest BCUT2D eigenvalue weighted by molar-refractivity contribution is 0.0290. The molecule has 0 amide bonds. The summed E-state index contributed by atoms with van der Waals surface area (Å²) in [5.74, 6) is -0.288. The Bertz CT molecular complexity index is 706. The molecule has 0 saturated carbocycles. The molecule has 1 aromatic carbocycles. The number of ether oxygens (including phenoxy) is 1. The van der Waals surface area contributed by atoms with Crippen LogP contribution in [0.25, 0.3) is 0 Å². The van der Waals surface area contributed by atoms with Gasteiger partial charge in [-0.1, -0.05) is 12.1 Å². The number of hydrogen-bond acceptors (Lipinski definition) is 5. The van der Waals surface area contributed by atoms with Gasteiger partial charge in [0.15, 0.2) is 0 Å². The number of methoxy groups -OCH3 is 1. The summed E-state index contributed by atoms with van der Waals surface area (Å²) in [5.41, 5.74) is 3.13. The van der Waals surface area contributed by atoms with Crippen molar-refractivity contribution < 1.29 is 9.53 Å². The molecule has 0 radical (unpaired) electrons. The van der Waals surface area contributed by atoms with Gasteiger partial charge in [0.25, 0.3) is 0 Å². The van der Waals surface area contributed by atoms with E-state index < -0.39 is 0 Å². The molecule has 2 heterocycles. The highest BCUT2D eigenvalue weighted by atomic mass is 16.5. The van der Waals surface area contributed by atoms with Crippen molar-refractivity contribution >= 4 is 5.97 Å². The summed E-state index contributed by atoms with van der Waals surface area (Å²) < 4.78 is 4.76. The lowest BCUT2D eigenvalue weighted by Crippen LogP contribution is -2.55. The van der Waals surface area contributed by atoms with E-state index in [1.54, 1.807) is 0 Å². The Labute approximate surface area is 155 Å². The molecular weight excluding hydrogens is 326 g/mol. The second-order valence-corrected chi connectivity index (χ2v) is 7.11. The second kappa shape index (κ2) is 8.43. The van der Waals surface area contributed by atoms with Crippen LogP contribution in [0, 0.1) is 0 Å². The number of aromatic nitrogens is 1. The zero-order valence-corrected chi connectivity index (χ0v) is 15.8. The lowest BCUT2D eigenvalue weighted by Gasteiger charge is -2.44. The van der Waals surface area contributed by atoms with E-state index in [1.165, 1.54) is 18.2 Å².